The molecule has 2 atom stereocenters. The molecule has 4 N–H and O–H groups in total. The van der Waals surface area contributed by atoms with E-state index in [1.165, 1.54) is 0 Å². The van der Waals surface area contributed by atoms with E-state index in [9.17, 15) is 19.5 Å². The number of hydrogen-bond donors (Lipinski definition) is 4. The molecule has 20 heavy (non-hydrogen) atoms. The van der Waals surface area contributed by atoms with E-state index in [1.54, 1.807) is 30.3 Å². The van der Waals surface area contributed by atoms with Gasteiger partial charge in [-0.2, -0.15) is 0 Å². The third-order valence-electron chi connectivity index (χ3n) is 2.95. The Bertz CT molecular complexity index is 511. The van der Waals surface area contributed by atoms with Gasteiger partial charge < -0.3 is 20.4 Å². The standard InChI is InChI=1S/C13H14O7/c14-10(15)7-13(20,12(18)19)9(11(16)17)6-8-4-2-1-3-5-8/h1-5,9,20H,6-7H2,(H,14,15)(H,16,17)(H,18,19). The minimum Gasteiger partial charge on any atom is -0.481 e. The number of hydrogen-bond acceptors (Lipinski definition) is 4. The number of rotatable bonds is 7. The predicted octanol–water partition coefficient (Wildman–Crippen LogP) is 0.220. The van der Waals surface area contributed by atoms with Crippen LogP contribution in [0.3, 0.4) is 0 Å². The average Bonchev–Trinajstić information content (AvgIpc) is 2.35. The molecule has 1 rings (SSSR count). The van der Waals surface area contributed by atoms with E-state index in [0.29, 0.717) is 5.56 Å². The van der Waals surface area contributed by atoms with Crippen molar-refractivity contribution >= 4 is 17.9 Å². The number of aliphatic carboxylic acids is 3. The van der Waals surface area contributed by atoms with Crippen LogP contribution in [0.25, 0.3) is 0 Å². The third-order valence-corrected chi connectivity index (χ3v) is 2.95. The van der Waals surface area contributed by atoms with Gasteiger partial charge in [0.05, 0.1) is 6.42 Å². The smallest absolute Gasteiger partial charge is 0.337 e. The lowest BCUT2D eigenvalue weighted by Crippen LogP contribution is -2.51. The number of carbonyl (C=O) groups is 3. The second-order valence-corrected chi connectivity index (χ2v) is 4.38. The van der Waals surface area contributed by atoms with Crippen LogP contribution in [0.1, 0.15) is 12.0 Å². The summed E-state index contributed by atoms with van der Waals surface area (Å²) < 4.78 is 0. The summed E-state index contributed by atoms with van der Waals surface area (Å²) >= 11 is 0. The maximum Gasteiger partial charge on any atom is 0.337 e. The molecule has 0 radical (unpaired) electrons. The summed E-state index contributed by atoms with van der Waals surface area (Å²) in [5.74, 6) is -6.80. The van der Waals surface area contributed by atoms with Crippen LogP contribution in [0.5, 0.6) is 0 Å². The Morgan fingerprint density at radius 3 is 2.00 bits per heavy atom. The molecule has 1 aromatic rings. The van der Waals surface area contributed by atoms with Crippen molar-refractivity contribution in [2.45, 2.75) is 18.4 Å². The molecule has 0 aliphatic heterocycles. The topological polar surface area (TPSA) is 132 Å². The van der Waals surface area contributed by atoms with E-state index in [1.807, 2.05) is 0 Å². The molecule has 0 fully saturated rings. The Morgan fingerprint density at radius 2 is 1.60 bits per heavy atom. The summed E-state index contributed by atoms with van der Waals surface area (Å²) in [5.41, 5.74) is -2.38. The quantitative estimate of drug-likeness (QED) is 0.562. The van der Waals surface area contributed by atoms with Crippen molar-refractivity contribution in [3.8, 4) is 0 Å². The predicted molar refractivity (Wildman–Crippen MR) is 66.1 cm³/mol. The van der Waals surface area contributed by atoms with E-state index < -0.39 is 35.8 Å². The molecule has 108 valence electrons. The van der Waals surface area contributed by atoms with Gasteiger partial charge in [-0.25, -0.2) is 4.79 Å². The fourth-order valence-electron chi connectivity index (χ4n) is 1.89. The highest BCUT2D eigenvalue weighted by Crippen LogP contribution is 2.26. The normalized spacial score (nSPS) is 15.1. The molecular weight excluding hydrogens is 268 g/mol. The molecule has 1 aromatic carbocycles. The van der Waals surface area contributed by atoms with Gasteiger partial charge in [0.25, 0.3) is 0 Å². The number of carboxylic acid groups (broad SMARTS) is 3. The average molecular weight is 282 g/mol. The molecule has 7 heteroatoms. The molecular formula is C13H14O7. The zero-order valence-corrected chi connectivity index (χ0v) is 10.4. The largest absolute Gasteiger partial charge is 0.481 e. The van der Waals surface area contributed by atoms with Crippen LogP contribution in [-0.2, 0) is 20.8 Å². The second kappa shape index (κ2) is 6.16. The van der Waals surface area contributed by atoms with Gasteiger partial charge in [0, 0.05) is 0 Å². The van der Waals surface area contributed by atoms with Crippen LogP contribution in [0.4, 0.5) is 0 Å². The van der Waals surface area contributed by atoms with Crippen molar-refractivity contribution in [1.29, 1.82) is 0 Å². The summed E-state index contributed by atoms with van der Waals surface area (Å²) in [6.45, 7) is 0. The molecule has 0 heterocycles. The Kier molecular flexibility index (Phi) is 4.82. The van der Waals surface area contributed by atoms with Crippen LogP contribution in [0.15, 0.2) is 30.3 Å². The highest BCUT2D eigenvalue weighted by atomic mass is 16.4. The van der Waals surface area contributed by atoms with Gasteiger partial charge >= 0.3 is 17.9 Å². The van der Waals surface area contributed by atoms with Crippen molar-refractivity contribution in [1.82, 2.24) is 0 Å². The molecule has 0 spiro atoms. The lowest BCUT2D eigenvalue weighted by molar-refractivity contribution is -0.179. The number of benzene rings is 1. The Hall–Kier alpha value is -2.41. The summed E-state index contributed by atoms with van der Waals surface area (Å²) in [7, 11) is 0. The highest BCUT2D eigenvalue weighted by molar-refractivity contribution is 5.89. The van der Waals surface area contributed by atoms with Crippen LogP contribution in [0, 0.1) is 5.92 Å². The first-order valence-electron chi connectivity index (χ1n) is 5.71. The number of carboxylic acids is 3. The van der Waals surface area contributed by atoms with Gasteiger partial charge in [-0.1, -0.05) is 30.3 Å². The van der Waals surface area contributed by atoms with Crippen LogP contribution in [-0.4, -0.2) is 43.9 Å². The lowest BCUT2D eigenvalue weighted by atomic mass is 9.80. The summed E-state index contributed by atoms with van der Waals surface area (Å²) in [6.07, 6.45) is -1.47. The van der Waals surface area contributed by atoms with Crippen molar-refractivity contribution < 1.29 is 34.8 Å². The van der Waals surface area contributed by atoms with E-state index in [0.717, 1.165) is 0 Å². The van der Waals surface area contributed by atoms with Gasteiger partial charge in [0.1, 0.15) is 5.92 Å². The van der Waals surface area contributed by atoms with Crippen molar-refractivity contribution in [2.75, 3.05) is 0 Å². The monoisotopic (exact) mass is 282 g/mol. The molecule has 0 saturated heterocycles. The molecule has 0 saturated carbocycles. The minimum atomic E-state index is -2.87. The van der Waals surface area contributed by atoms with E-state index >= 15 is 0 Å². The molecule has 0 aromatic heterocycles. The highest BCUT2D eigenvalue weighted by Gasteiger charge is 2.49. The van der Waals surface area contributed by atoms with Gasteiger partial charge in [-0.05, 0) is 12.0 Å². The van der Waals surface area contributed by atoms with Gasteiger partial charge in [-0.3, -0.25) is 9.59 Å². The Labute approximate surface area is 114 Å². The van der Waals surface area contributed by atoms with E-state index in [-0.39, 0.29) is 6.42 Å². The maximum atomic E-state index is 11.2. The molecule has 0 bridgehead atoms. The molecule has 0 aliphatic carbocycles. The second-order valence-electron chi connectivity index (χ2n) is 4.38. The van der Waals surface area contributed by atoms with Crippen LogP contribution < -0.4 is 0 Å². The summed E-state index contributed by atoms with van der Waals surface area (Å²) in [4.78, 5) is 33.0. The lowest BCUT2D eigenvalue weighted by Gasteiger charge is -2.28. The van der Waals surface area contributed by atoms with E-state index in [4.69, 9.17) is 15.3 Å². The van der Waals surface area contributed by atoms with Gasteiger partial charge in [0.2, 0.25) is 0 Å². The molecule has 7 nitrogen and oxygen atoms in total. The van der Waals surface area contributed by atoms with Gasteiger partial charge in [-0.15, -0.1) is 0 Å². The molecule has 0 aliphatic rings. The van der Waals surface area contributed by atoms with Crippen LogP contribution in [0.2, 0.25) is 0 Å². The first-order valence-corrected chi connectivity index (χ1v) is 5.71. The Morgan fingerprint density at radius 1 is 1.05 bits per heavy atom. The first-order chi connectivity index (χ1) is 9.27. The fourth-order valence-corrected chi connectivity index (χ4v) is 1.89. The SMILES string of the molecule is O=C(O)CC(O)(C(=O)O)C(Cc1ccccc1)C(=O)O. The van der Waals surface area contributed by atoms with Crippen molar-refractivity contribution in [2.24, 2.45) is 5.92 Å². The zero-order chi connectivity index (χ0) is 15.3. The number of aliphatic hydroxyl groups is 1. The summed E-state index contributed by atoms with van der Waals surface area (Å²) in [6, 6.07) is 8.09. The third kappa shape index (κ3) is 3.55. The summed E-state index contributed by atoms with van der Waals surface area (Å²) in [5, 5.41) is 36.8. The fraction of sp³-hybridized carbons (Fsp3) is 0.308. The minimum absolute atomic E-state index is 0.285. The van der Waals surface area contributed by atoms with Crippen molar-refractivity contribution in [3.05, 3.63) is 35.9 Å². The zero-order valence-electron chi connectivity index (χ0n) is 10.4. The van der Waals surface area contributed by atoms with Crippen molar-refractivity contribution in [3.63, 3.8) is 0 Å². The van der Waals surface area contributed by atoms with E-state index in [2.05, 4.69) is 0 Å². The maximum absolute atomic E-state index is 11.2. The molecule has 0 amide bonds. The molecule has 2 unspecified atom stereocenters. The van der Waals surface area contributed by atoms with Crippen LogP contribution >= 0.6 is 0 Å². The van der Waals surface area contributed by atoms with Gasteiger partial charge in [0.15, 0.2) is 5.60 Å². The first kappa shape index (κ1) is 15.6. The Balaban J connectivity index is 3.12.